The van der Waals surface area contributed by atoms with Gasteiger partial charge in [-0.05, 0) is 31.0 Å². The molecule has 0 aliphatic heterocycles. The number of nitrogens with two attached hydrogens (primary N) is 1. The van der Waals surface area contributed by atoms with Crippen LogP contribution in [-0.2, 0) is 0 Å². The Kier molecular flexibility index (Phi) is 4.15. The van der Waals surface area contributed by atoms with Crippen LogP contribution in [0, 0.1) is 13.8 Å². The van der Waals surface area contributed by atoms with Crippen molar-refractivity contribution in [3.05, 3.63) is 22.8 Å². The fourth-order valence-corrected chi connectivity index (χ4v) is 1.98. The molecule has 1 aromatic rings. The first-order valence-electron chi connectivity index (χ1n) is 5.17. The topological polar surface area (TPSA) is 64.7 Å². The van der Waals surface area contributed by atoms with E-state index in [-0.39, 0.29) is 6.54 Å². The third-order valence-electron chi connectivity index (χ3n) is 2.72. The quantitative estimate of drug-likeness (QED) is 0.811. The third kappa shape index (κ3) is 2.13. The Bertz CT molecular complexity index is 377. The molecule has 0 saturated heterocycles. The van der Waals surface area contributed by atoms with Crippen molar-refractivity contribution in [1.29, 1.82) is 0 Å². The number of methoxy groups -OCH3 is 2. The molecule has 0 bridgehead atoms. The molecule has 16 heavy (non-hydrogen) atoms. The number of aliphatic hydroxyl groups excluding tert-OH is 1. The molecular weight excluding hydrogens is 206 g/mol. The summed E-state index contributed by atoms with van der Waals surface area (Å²) in [7, 11) is 3.18. The predicted octanol–water partition coefficient (Wildman–Crippen LogP) is 1.31. The molecule has 4 heteroatoms. The molecule has 0 aromatic heterocycles. The van der Waals surface area contributed by atoms with Crippen molar-refractivity contribution in [1.82, 2.24) is 0 Å². The minimum Gasteiger partial charge on any atom is -0.493 e. The van der Waals surface area contributed by atoms with Gasteiger partial charge in [-0.2, -0.15) is 0 Å². The normalized spacial score (nSPS) is 12.4. The lowest BCUT2D eigenvalue weighted by atomic mass is 9.96. The lowest BCUT2D eigenvalue weighted by Crippen LogP contribution is -2.14. The molecule has 0 amide bonds. The van der Waals surface area contributed by atoms with E-state index in [1.807, 2.05) is 19.9 Å². The highest BCUT2D eigenvalue weighted by Crippen LogP contribution is 2.37. The summed E-state index contributed by atoms with van der Waals surface area (Å²) in [5, 5.41) is 9.85. The van der Waals surface area contributed by atoms with Gasteiger partial charge in [0.25, 0.3) is 0 Å². The van der Waals surface area contributed by atoms with Gasteiger partial charge in [-0.25, -0.2) is 0 Å². The number of benzene rings is 1. The molecule has 0 aliphatic rings. The van der Waals surface area contributed by atoms with E-state index >= 15 is 0 Å². The van der Waals surface area contributed by atoms with Gasteiger partial charge in [0.05, 0.1) is 20.3 Å². The Morgan fingerprint density at radius 2 is 1.94 bits per heavy atom. The number of hydrogen-bond acceptors (Lipinski definition) is 4. The average molecular weight is 225 g/mol. The van der Waals surface area contributed by atoms with Crippen LogP contribution in [0.5, 0.6) is 11.5 Å². The predicted molar refractivity (Wildman–Crippen MR) is 63.0 cm³/mol. The van der Waals surface area contributed by atoms with E-state index in [1.165, 1.54) is 0 Å². The largest absolute Gasteiger partial charge is 0.493 e. The second kappa shape index (κ2) is 5.18. The smallest absolute Gasteiger partial charge is 0.164 e. The first-order valence-corrected chi connectivity index (χ1v) is 5.17. The summed E-state index contributed by atoms with van der Waals surface area (Å²) in [6.45, 7) is 4.00. The number of rotatable bonds is 4. The zero-order valence-electron chi connectivity index (χ0n) is 10.2. The van der Waals surface area contributed by atoms with Gasteiger partial charge in [-0.15, -0.1) is 0 Å². The number of aliphatic hydroxyl groups is 1. The summed E-state index contributed by atoms with van der Waals surface area (Å²) in [5.41, 5.74) is 8.13. The van der Waals surface area contributed by atoms with E-state index in [0.717, 1.165) is 16.7 Å². The molecule has 0 heterocycles. The average Bonchev–Trinajstić information content (AvgIpc) is 2.27. The Hall–Kier alpha value is -1.26. The number of aryl methyl sites for hydroxylation is 1. The first kappa shape index (κ1) is 12.8. The molecule has 0 fully saturated rings. The monoisotopic (exact) mass is 225 g/mol. The van der Waals surface area contributed by atoms with Gasteiger partial charge in [-0.1, -0.05) is 0 Å². The van der Waals surface area contributed by atoms with Crippen LogP contribution >= 0.6 is 0 Å². The molecule has 4 nitrogen and oxygen atoms in total. The van der Waals surface area contributed by atoms with Crippen molar-refractivity contribution >= 4 is 0 Å². The maximum atomic E-state index is 9.85. The number of ether oxygens (including phenoxy) is 2. The Morgan fingerprint density at radius 3 is 2.38 bits per heavy atom. The van der Waals surface area contributed by atoms with Gasteiger partial charge in [0.15, 0.2) is 11.5 Å². The minimum atomic E-state index is -0.667. The van der Waals surface area contributed by atoms with Gasteiger partial charge in [-0.3, -0.25) is 0 Å². The van der Waals surface area contributed by atoms with Crippen LogP contribution in [0.4, 0.5) is 0 Å². The first-order chi connectivity index (χ1) is 7.56. The molecule has 0 aliphatic carbocycles. The molecule has 3 N–H and O–H groups in total. The van der Waals surface area contributed by atoms with Gasteiger partial charge in [0, 0.05) is 12.1 Å². The Morgan fingerprint density at radius 1 is 1.31 bits per heavy atom. The van der Waals surface area contributed by atoms with Crippen LogP contribution in [0.25, 0.3) is 0 Å². The lowest BCUT2D eigenvalue weighted by Gasteiger charge is -2.19. The van der Waals surface area contributed by atoms with E-state index in [9.17, 15) is 5.11 Å². The number of hydrogen-bond donors (Lipinski definition) is 2. The zero-order chi connectivity index (χ0) is 12.3. The molecular formula is C12H19NO3. The Balaban J connectivity index is 3.40. The van der Waals surface area contributed by atoms with Gasteiger partial charge < -0.3 is 20.3 Å². The molecule has 1 aromatic carbocycles. The molecule has 1 atom stereocenters. The highest BCUT2D eigenvalue weighted by molar-refractivity contribution is 5.54. The third-order valence-corrected chi connectivity index (χ3v) is 2.72. The molecule has 0 radical (unpaired) electrons. The van der Waals surface area contributed by atoms with Crippen LogP contribution in [0.1, 0.15) is 22.8 Å². The summed E-state index contributed by atoms with van der Waals surface area (Å²) in [5.74, 6) is 1.32. The van der Waals surface area contributed by atoms with Crippen molar-refractivity contribution in [3.8, 4) is 11.5 Å². The standard InChI is InChI=1S/C12H19NO3/c1-7-5-10(15-3)12(16-4)8(2)11(7)9(14)6-13/h5,9,14H,6,13H2,1-4H3. The highest BCUT2D eigenvalue weighted by atomic mass is 16.5. The highest BCUT2D eigenvalue weighted by Gasteiger charge is 2.18. The van der Waals surface area contributed by atoms with Crippen LogP contribution in [0.3, 0.4) is 0 Å². The van der Waals surface area contributed by atoms with Crippen molar-refractivity contribution in [2.24, 2.45) is 5.73 Å². The minimum absolute atomic E-state index is 0.192. The van der Waals surface area contributed by atoms with Gasteiger partial charge >= 0.3 is 0 Å². The summed E-state index contributed by atoms with van der Waals surface area (Å²) in [6.07, 6.45) is -0.667. The van der Waals surface area contributed by atoms with E-state index < -0.39 is 6.10 Å². The van der Waals surface area contributed by atoms with Crippen LogP contribution in [0.15, 0.2) is 6.07 Å². The summed E-state index contributed by atoms with van der Waals surface area (Å²) < 4.78 is 10.5. The van der Waals surface area contributed by atoms with E-state index in [0.29, 0.717) is 11.5 Å². The second-order valence-electron chi connectivity index (χ2n) is 3.72. The SMILES string of the molecule is COc1cc(C)c(C(O)CN)c(C)c1OC. The van der Waals surface area contributed by atoms with Crippen molar-refractivity contribution in [3.63, 3.8) is 0 Å². The van der Waals surface area contributed by atoms with E-state index in [2.05, 4.69) is 0 Å². The molecule has 1 unspecified atom stereocenters. The maximum absolute atomic E-state index is 9.85. The Labute approximate surface area is 96.0 Å². The fraction of sp³-hybridized carbons (Fsp3) is 0.500. The van der Waals surface area contributed by atoms with E-state index in [4.69, 9.17) is 15.2 Å². The second-order valence-corrected chi connectivity index (χ2v) is 3.72. The molecule has 1 rings (SSSR count). The van der Waals surface area contributed by atoms with Crippen LogP contribution < -0.4 is 15.2 Å². The van der Waals surface area contributed by atoms with Crippen molar-refractivity contribution in [2.75, 3.05) is 20.8 Å². The molecule has 90 valence electrons. The lowest BCUT2D eigenvalue weighted by molar-refractivity contribution is 0.184. The zero-order valence-corrected chi connectivity index (χ0v) is 10.2. The molecule has 0 saturated carbocycles. The van der Waals surface area contributed by atoms with Crippen LogP contribution in [0.2, 0.25) is 0 Å². The van der Waals surface area contributed by atoms with Gasteiger partial charge in [0.2, 0.25) is 0 Å². The van der Waals surface area contributed by atoms with Crippen molar-refractivity contribution in [2.45, 2.75) is 20.0 Å². The fourth-order valence-electron chi connectivity index (χ4n) is 1.98. The molecule has 0 spiro atoms. The van der Waals surface area contributed by atoms with E-state index in [1.54, 1.807) is 14.2 Å². The summed E-state index contributed by atoms with van der Waals surface area (Å²) in [6, 6.07) is 1.85. The van der Waals surface area contributed by atoms with Crippen molar-refractivity contribution < 1.29 is 14.6 Å². The van der Waals surface area contributed by atoms with Gasteiger partial charge in [0.1, 0.15) is 0 Å². The maximum Gasteiger partial charge on any atom is 0.164 e. The van der Waals surface area contributed by atoms with Crippen LogP contribution in [-0.4, -0.2) is 25.9 Å². The summed E-state index contributed by atoms with van der Waals surface area (Å²) >= 11 is 0. The summed E-state index contributed by atoms with van der Waals surface area (Å²) in [4.78, 5) is 0.